The van der Waals surface area contributed by atoms with E-state index in [9.17, 15) is 18.0 Å². The van der Waals surface area contributed by atoms with Crippen LogP contribution >= 0.6 is 0 Å². The Hall–Kier alpha value is -1.92. The molecule has 7 heteroatoms. The molecule has 1 aromatic rings. The van der Waals surface area contributed by atoms with E-state index >= 15 is 0 Å². The van der Waals surface area contributed by atoms with Gasteiger partial charge in [-0.25, -0.2) is 14.8 Å². The van der Waals surface area contributed by atoms with Gasteiger partial charge in [0.25, 0.3) is 0 Å². The summed E-state index contributed by atoms with van der Waals surface area (Å²) in [6.07, 6.45) is -0.939. The summed E-state index contributed by atoms with van der Waals surface area (Å²) in [6, 6.07) is 0. The quantitative estimate of drug-likeness (QED) is 0.605. The molecule has 4 nitrogen and oxygen atoms in total. The largest absolute Gasteiger partial charge is 0.463 e. The number of carbonyl (C=O) groups excluding carboxylic acids is 1. The monoisotopic (exact) mass is 246 g/mol. The third-order valence-corrected chi connectivity index (χ3v) is 1.69. The molecule has 0 aliphatic carbocycles. The number of alkyl halides is 3. The molecule has 0 saturated carbocycles. The molecule has 0 aromatic carbocycles. The summed E-state index contributed by atoms with van der Waals surface area (Å²) in [4.78, 5) is 17.5. The highest BCUT2D eigenvalue weighted by Crippen LogP contribution is 2.30. The summed E-state index contributed by atoms with van der Waals surface area (Å²) in [5.74, 6) is -0.718. The number of hydrogen-bond acceptors (Lipinski definition) is 4. The van der Waals surface area contributed by atoms with Gasteiger partial charge in [0.1, 0.15) is 6.33 Å². The Kier molecular flexibility index (Phi) is 4.19. The van der Waals surface area contributed by atoms with Crippen LogP contribution in [0.5, 0.6) is 0 Å². The van der Waals surface area contributed by atoms with Crippen molar-refractivity contribution in [3.8, 4) is 0 Å². The van der Waals surface area contributed by atoms with Crippen LogP contribution in [0.2, 0.25) is 0 Å². The van der Waals surface area contributed by atoms with Crippen molar-refractivity contribution in [2.75, 3.05) is 6.61 Å². The van der Waals surface area contributed by atoms with Gasteiger partial charge in [0.2, 0.25) is 0 Å². The highest BCUT2D eigenvalue weighted by atomic mass is 19.4. The van der Waals surface area contributed by atoms with E-state index in [1.807, 2.05) is 0 Å². The fourth-order valence-electron chi connectivity index (χ4n) is 1.05. The van der Waals surface area contributed by atoms with Gasteiger partial charge >= 0.3 is 12.1 Å². The first kappa shape index (κ1) is 13.1. The van der Waals surface area contributed by atoms with Crippen LogP contribution in [0.1, 0.15) is 18.2 Å². The fourth-order valence-corrected chi connectivity index (χ4v) is 1.05. The Labute approximate surface area is 95.1 Å². The highest BCUT2D eigenvalue weighted by molar-refractivity contribution is 5.87. The van der Waals surface area contributed by atoms with E-state index in [0.717, 1.165) is 24.7 Å². The summed E-state index contributed by atoms with van der Waals surface area (Å²) in [5, 5.41) is 0. The molecule has 1 heterocycles. The second-order valence-corrected chi connectivity index (χ2v) is 2.91. The van der Waals surface area contributed by atoms with Gasteiger partial charge in [-0.3, -0.25) is 0 Å². The van der Waals surface area contributed by atoms with E-state index in [4.69, 9.17) is 0 Å². The lowest BCUT2D eigenvalue weighted by Crippen LogP contribution is -2.10. The lowest BCUT2D eigenvalue weighted by Gasteiger charge is -2.07. The molecule has 0 spiro atoms. The molecule has 0 aliphatic heterocycles. The van der Waals surface area contributed by atoms with Gasteiger partial charge in [0, 0.05) is 17.8 Å². The van der Waals surface area contributed by atoms with Gasteiger partial charge in [-0.05, 0) is 13.0 Å². The third kappa shape index (κ3) is 3.86. The molecule has 17 heavy (non-hydrogen) atoms. The van der Waals surface area contributed by atoms with E-state index in [-0.39, 0.29) is 12.2 Å². The van der Waals surface area contributed by atoms with E-state index in [2.05, 4.69) is 14.7 Å². The van der Waals surface area contributed by atoms with Crippen molar-refractivity contribution in [3.63, 3.8) is 0 Å². The Morgan fingerprint density at radius 2 is 2.24 bits per heavy atom. The predicted molar refractivity (Wildman–Crippen MR) is 52.7 cm³/mol. The minimum atomic E-state index is -4.59. The first-order chi connectivity index (χ1) is 7.95. The molecule has 0 amide bonds. The van der Waals surface area contributed by atoms with E-state index in [1.54, 1.807) is 6.92 Å². The van der Waals surface area contributed by atoms with Crippen molar-refractivity contribution in [1.29, 1.82) is 0 Å². The van der Waals surface area contributed by atoms with Crippen molar-refractivity contribution < 1.29 is 22.7 Å². The first-order valence-electron chi connectivity index (χ1n) is 4.67. The number of carbonyl (C=O) groups is 1. The molecular formula is C10H9F3N2O2. The smallest absolute Gasteiger partial charge is 0.434 e. The molecule has 0 N–H and O–H groups in total. The second kappa shape index (κ2) is 5.42. The number of ether oxygens (including phenoxy) is 1. The van der Waals surface area contributed by atoms with Gasteiger partial charge in [0.15, 0.2) is 5.69 Å². The van der Waals surface area contributed by atoms with Crippen LogP contribution in [0.15, 0.2) is 18.6 Å². The molecule has 0 aliphatic rings. The SMILES string of the molecule is CCOC(=O)/C=C/c1cncnc1C(F)(F)F. The number of esters is 1. The lowest BCUT2D eigenvalue weighted by molar-refractivity contribution is -0.141. The molecule has 0 fully saturated rings. The summed E-state index contributed by atoms with van der Waals surface area (Å²) in [6.45, 7) is 1.75. The molecular weight excluding hydrogens is 237 g/mol. The molecule has 1 aromatic heterocycles. The zero-order valence-corrected chi connectivity index (χ0v) is 8.86. The first-order valence-corrected chi connectivity index (χ1v) is 4.67. The maximum absolute atomic E-state index is 12.5. The number of halogens is 3. The summed E-state index contributed by atoms with van der Waals surface area (Å²) >= 11 is 0. The van der Waals surface area contributed by atoms with Crippen LogP contribution in [0.25, 0.3) is 6.08 Å². The minimum absolute atomic E-state index is 0.153. The summed E-state index contributed by atoms with van der Waals surface area (Å²) in [7, 11) is 0. The Bertz CT molecular complexity index is 430. The topological polar surface area (TPSA) is 52.1 Å². The summed E-state index contributed by atoms with van der Waals surface area (Å²) in [5.41, 5.74) is -1.37. The van der Waals surface area contributed by atoms with Crippen molar-refractivity contribution in [2.45, 2.75) is 13.1 Å². The van der Waals surface area contributed by atoms with Crippen LogP contribution < -0.4 is 0 Å². The highest BCUT2D eigenvalue weighted by Gasteiger charge is 2.34. The Balaban J connectivity index is 2.95. The van der Waals surface area contributed by atoms with Crippen LogP contribution in [0, 0.1) is 0 Å². The number of nitrogens with zero attached hydrogens (tertiary/aromatic N) is 2. The molecule has 1 rings (SSSR count). The molecule has 0 atom stereocenters. The maximum atomic E-state index is 12.5. The molecule has 0 saturated heterocycles. The molecule has 92 valence electrons. The Morgan fingerprint density at radius 3 is 2.82 bits per heavy atom. The lowest BCUT2D eigenvalue weighted by atomic mass is 10.2. The third-order valence-electron chi connectivity index (χ3n) is 1.69. The average Bonchev–Trinajstić information content (AvgIpc) is 2.26. The van der Waals surface area contributed by atoms with Crippen LogP contribution in [-0.4, -0.2) is 22.5 Å². The predicted octanol–water partition coefficient (Wildman–Crippen LogP) is 2.07. The van der Waals surface area contributed by atoms with Crippen LogP contribution in [0.3, 0.4) is 0 Å². The van der Waals surface area contributed by atoms with Gasteiger partial charge in [-0.1, -0.05) is 0 Å². The molecule has 0 bridgehead atoms. The number of hydrogen-bond donors (Lipinski definition) is 0. The van der Waals surface area contributed by atoms with Crippen molar-refractivity contribution in [3.05, 3.63) is 29.9 Å². The standard InChI is InChI=1S/C10H9F3N2O2/c1-2-17-8(16)4-3-7-5-14-6-15-9(7)10(11,12)13/h3-6H,2H2,1H3/b4-3+. The minimum Gasteiger partial charge on any atom is -0.463 e. The van der Waals surface area contributed by atoms with E-state index in [0.29, 0.717) is 0 Å². The van der Waals surface area contributed by atoms with E-state index < -0.39 is 17.8 Å². The molecule has 0 unspecified atom stereocenters. The maximum Gasteiger partial charge on any atom is 0.434 e. The zero-order chi connectivity index (χ0) is 12.9. The zero-order valence-electron chi connectivity index (χ0n) is 8.86. The van der Waals surface area contributed by atoms with Gasteiger partial charge < -0.3 is 4.74 Å². The molecule has 0 radical (unpaired) electrons. The number of rotatable bonds is 3. The van der Waals surface area contributed by atoms with Crippen molar-refractivity contribution in [1.82, 2.24) is 9.97 Å². The van der Waals surface area contributed by atoms with Crippen LogP contribution in [0.4, 0.5) is 13.2 Å². The van der Waals surface area contributed by atoms with E-state index in [1.165, 1.54) is 0 Å². The fraction of sp³-hybridized carbons (Fsp3) is 0.300. The van der Waals surface area contributed by atoms with Gasteiger partial charge in [-0.15, -0.1) is 0 Å². The van der Waals surface area contributed by atoms with Crippen molar-refractivity contribution in [2.24, 2.45) is 0 Å². The van der Waals surface area contributed by atoms with Crippen molar-refractivity contribution >= 4 is 12.0 Å². The number of aromatic nitrogens is 2. The van der Waals surface area contributed by atoms with Gasteiger partial charge in [0.05, 0.1) is 6.61 Å². The normalized spacial score (nSPS) is 11.8. The van der Waals surface area contributed by atoms with Gasteiger partial charge in [-0.2, -0.15) is 13.2 Å². The summed E-state index contributed by atoms with van der Waals surface area (Å²) < 4.78 is 42.0. The van der Waals surface area contributed by atoms with Crippen LogP contribution in [-0.2, 0) is 15.7 Å². The average molecular weight is 246 g/mol. The Morgan fingerprint density at radius 1 is 1.53 bits per heavy atom. The second-order valence-electron chi connectivity index (χ2n) is 2.91.